The van der Waals surface area contributed by atoms with E-state index in [0.717, 1.165) is 24.7 Å². The van der Waals surface area contributed by atoms with Gasteiger partial charge < -0.3 is 5.11 Å². The Morgan fingerprint density at radius 2 is 2.42 bits per heavy atom. The summed E-state index contributed by atoms with van der Waals surface area (Å²) in [6, 6.07) is 0. The first-order chi connectivity index (χ1) is 5.61. The molecule has 1 rings (SSSR count). The van der Waals surface area contributed by atoms with Crippen molar-refractivity contribution in [2.75, 3.05) is 6.61 Å². The Hall–Kier alpha value is -0.630. The summed E-state index contributed by atoms with van der Waals surface area (Å²) in [5, 5.41) is 9.13. The second-order valence-corrected chi connectivity index (χ2v) is 4.08. The van der Waals surface area contributed by atoms with Gasteiger partial charge in [-0.2, -0.15) is 0 Å². The van der Waals surface area contributed by atoms with Crippen molar-refractivity contribution in [2.24, 2.45) is 11.3 Å². The highest BCUT2D eigenvalue weighted by atomic mass is 16.3. The fraction of sp³-hybridized carbons (Fsp3) is 0.700. The summed E-state index contributed by atoms with van der Waals surface area (Å²) in [4.78, 5) is 10.6. The number of carbonyl (C=O) groups excluding carboxylic acids is 1. The molecule has 0 aromatic rings. The SMILES string of the molecule is CC1(C)CCC=C(C=O)C1CO. The molecule has 0 saturated carbocycles. The topological polar surface area (TPSA) is 37.3 Å². The largest absolute Gasteiger partial charge is 0.396 e. The molecule has 1 atom stereocenters. The lowest BCUT2D eigenvalue weighted by atomic mass is 9.69. The lowest BCUT2D eigenvalue weighted by Gasteiger charge is -2.36. The monoisotopic (exact) mass is 168 g/mol. The lowest BCUT2D eigenvalue weighted by molar-refractivity contribution is -0.106. The van der Waals surface area contributed by atoms with E-state index in [9.17, 15) is 4.79 Å². The highest BCUT2D eigenvalue weighted by molar-refractivity contribution is 5.74. The number of aliphatic hydroxyl groups is 1. The summed E-state index contributed by atoms with van der Waals surface area (Å²) in [6.07, 6.45) is 4.83. The molecule has 0 heterocycles. The molecule has 0 spiro atoms. The molecule has 0 aromatic heterocycles. The standard InChI is InChI=1S/C10H16O2/c1-10(2)5-3-4-8(6-11)9(10)7-12/h4,6,9,12H,3,5,7H2,1-2H3. The van der Waals surface area contributed by atoms with Crippen molar-refractivity contribution in [1.29, 1.82) is 0 Å². The molecule has 1 aliphatic rings. The number of hydrogen-bond acceptors (Lipinski definition) is 2. The van der Waals surface area contributed by atoms with E-state index in [4.69, 9.17) is 5.11 Å². The molecule has 1 unspecified atom stereocenters. The maximum Gasteiger partial charge on any atom is 0.146 e. The normalized spacial score (nSPS) is 27.9. The molecule has 0 radical (unpaired) electrons. The highest BCUT2D eigenvalue weighted by Gasteiger charge is 2.33. The van der Waals surface area contributed by atoms with Crippen LogP contribution in [0.2, 0.25) is 0 Å². The van der Waals surface area contributed by atoms with Crippen molar-refractivity contribution in [3.8, 4) is 0 Å². The predicted molar refractivity (Wildman–Crippen MR) is 47.7 cm³/mol. The summed E-state index contributed by atoms with van der Waals surface area (Å²) < 4.78 is 0. The maximum atomic E-state index is 10.6. The average molecular weight is 168 g/mol. The van der Waals surface area contributed by atoms with Crippen molar-refractivity contribution in [1.82, 2.24) is 0 Å². The van der Waals surface area contributed by atoms with Crippen molar-refractivity contribution in [3.63, 3.8) is 0 Å². The van der Waals surface area contributed by atoms with Gasteiger partial charge in [0, 0.05) is 5.92 Å². The van der Waals surface area contributed by atoms with E-state index in [-0.39, 0.29) is 17.9 Å². The minimum Gasteiger partial charge on any atom is -0.396 e. The van der Waals surface area contributed by atoms with Gasteiger partial charge in [0.05, 0.1) is 6.61 Å². The molecule has 2 heteroatoms. The van der Waals surface area contributed by atoms with E-state index in [0.29, 0.717) is 0 Å². The number of carbonyl (C=O) groups is 1. The molecular weight excluding hydrogens is 152 g/mol. The predicted octanol–water partition coefficient (Wildman–Crippen LogP) is 1.54. The van der Waals surface area contributed by atoms with Crippen molar-refractivity contribution < 1.29 is 9.90 Å². The van der Waals surface area contributed by atoms with Gasteiger partial charge in [-0.1, -0.05) is 19.9 Å². The molecule has 1 aliphatic carbocycles. The van der Waals surface area contributed by atoms with Gasteiger partial charge in [0.2, 0.25) is 0 Å². The number of allylic oxidation sites excluding steroid dienone is 1. The van der Waals surface area contributed by atoms with Crippen LogP contribution in [-0.4, -0.2) is 18.0 Å². The summed E-state index contributed by atoms with van der Waals surface area (Å²) in [5.74, 6) is 0.0312. The van der Waals surface area contributed by atoms with Crippen LogP contribution in [0.15, 0.2) is 11.6 Å². The molecule has 68 valence electrons. The first-order valence-corrected chi connectivity index (χ1v) is 4.38. The van der Waals surface area contributed by atoms with Crippen LogP contribution in [0, 0.1) is 11.3 Å². The third-order valence-electron chi connectivity index (χ3n) is 2.83. The van der Waals surface area contributed by atoms with Crippen LogP contribution in [0.5, 0.6) is 0 Å². The highest BCUT2D eigenvalue weighted by Crippen LogP contribution is 2.39. The zero-order chi connectivity index (χ0) is 9.19. The molecule has 2 nitrogen and oxygen atoms in total. The quantitative estimate of drug-likeness (QED) is 0.635. The van der Waals surface area contributed by atoms with Crippen LogP contribution in [0.4, 0.5) is 0 Å². The van der Waals surface area contributed by atoms with Gasteiger partial charge in [0.25, 0.3) is 0 Å². The lowest BCUT2D eigenvalue weighted by Crippen LogP contribution is -2.31. The van der Waals surface area contributed by atoms with Crippen molar-refractivity contribution >= 4 is 6.29 Å². The molecule has 0 aromatic carbocycles. The molecule has 0 amide bonds. The number of aliphatic hydroxyl groups excluding tert-OH is 1. The van der Waals surface area contributed by atoms with E-state index < -0.39 is 0 Å². The van der Waals surface area contributed by atoms with Gasteiger partial charge in [-0.25, -0.2) is 0 Å². The molecular formula is C10H16O2. The Morgan fingerprint density at radius 1 is 1.75 bits per heavy atom. The molecule has 0 aliphatic heterocycles. The fourth-order valence-electron chi connectivity index (χ4n) is 1.86. The third kappa shape index (κ3) is 1.58. The van der Waals surface area contributed by atoms with E-state index in [1.165, 1.54) is 0 Å². The van der Waals surface area contributed by atoms with Crippen LogP contribution in [0.25, 0.3) is 0 Å². The Balaban J connectivity index is 2.89. The van der Waals surface area contributed by atoms with Crippen molar-refractivity contribution in [3.05, 3.63) is 11.6 Å². The summed E-state index contributed by atoms with van der Waals surface area (Å²) in [6.45, 7) is 4.28. The van der Waals surface area contributed by atoms with Gasteiger partial charge in [-0.15, -0.1) is 0 Å². The van der Waals surface area contributed by atoms with Gasteiger partial charge in [-0.05, 0) is 23.8 Å². The van der Waals surface area contributed by atoms with Gasteiger partial charge >= 0.3 is 0 Å². The molecule has 0 fully saturated rings. The number of aldehydes is 1. The second kappa shape index (κ2) is 3.40. The van der Waals surface area contributed by atoms with E-state index in [1.807, 2.05) is 6.08 Å². The Bertz CT molecular complexity index is 204. The molecule has 0 bridgehead atoms. The van der Waals surface area contributed by atoms with Crippen LogP contribution in [0.1, 0.15) is 26.7 Å². The first-order valence-electron chi connectivity index (χ1n) is 4.38. The number of rotatable bonds is 2. The molecule has 1 N–H and O–H groups in total. The van der Waals surface area contributed by atoms with E-state index >= 15 is 0 Å². The van der Waals surface area contributed by atoms with Crippen LogP contribution >= 0.6 is 0 Å². The van der Waals surface area contributed by atoms with Gasteiger partial charge in [-0.3, -0.25) is 4.79 Å². The summed E-state index contributed by atoms with van der Waals surface area (Å²) in [7, 11) is 0. The minimum absolute atomic E-state index is 0.0312. The smallest absolute Gasteiger partial charge is 0.146 e. The zero-order valence-electron chi connectivity index (χ0n) is 7.71. The third-order valence-corrected chi connectivity index (χ3v) is 2.83. The summed E-state index contributed by atoms with van der Waals surface area (Å²) in [5.41, 5.74) is 0.841. The van der Waals surface area contributed by atoms with E-state index in [2.05, 4.69) is 13.8 Å². The fourth-order valence-corrected chi connectivity index (χ4v) is 1.86. The molecule has 0 saturated heterocycles. The number of hydrogen-bond donors (Lipinski definition) is 1. The maximum absolute atomic E-state index is 10.6. The van der Waals surface area contributed by atoms with E-state index in [1.54, 1.807) is 0 Å². The molecule has 12 heavy (non-hydrogen) atoms. The second-order valence-electron chi connectivity index (χ2n) is 4.08. The Kier molecular flexibility index (Phi) is 2.68. The van der Waals surface area contributed by atoms with Crippen LogP contribution < -0.4 is 0 Å². The van der Waals surface area contributed by atoms with Crippen LogP contribution in [0.3, 0.4) is 0 Å². The van der Waals surface area contributed by atoms with Gasteiger partial charge in [0.1, 0.15) is 6.29 Å². The van der Waals surface area contributed by atoms with Crippen molar-refractivity contribution in [2.45, 2.75) is 26.7 Å². The van der Waals surface area contributed by atoms with Crippen LogP contribution in [-0.2, 0) is 4.79 Å². The van der Waals surface area contributed by atoms with Gasteiger partial charge in [0.15, 0.2) is 0 Å². The Morgan fingerprint density at radius 3 is 2.83 bits per heavy atom. The summed E-state index contributed by atoms with van der Waals surface area (Å²) >= 11 is 0. The minimum atomic E-state index is 0.0312. The Labute approximate surface area is 73.3 Å². The first kappa shape index (κ1) is 9.46. The zero-order valence-corrected chi connectivity index (χ0v) is 7.71. The average Bonchev–Trinajstić information content (AvgIpc) is 2.02.